The van der Waals surface area contributed by atoms with Gasteiger partial charge in [0.15, 0.2) is 11.5 Å². The summed E-state index contributed by atoms with van der Waals surface area (Å²) in [5.74, 6) is -2.92. The van der Waals surface area contributed by atoms with Gasteiger partial charge in [0.1, 0.15) is 6.54 Å². The van der Waals surface area contributed by atoms with E-state index in [1.165, 1.54) is 6.07 Å². The second-order valence-electron chi connectivity index (χ2n) is 7.82. The minimum Gasteiger partial charge on any atom is -0.308 e. The molecule has 3 aromatic heterocycles. The Kier molecular flexibility index (Phi) is 5.73. The summed E-state index contributed by atoms with van der Waals surface area (Å²) in [6, 6.07) is 4.95. The van der Waals surface area contributed by atoms with Crippen molar-refractivity contribution in [2.45, 2.75) is 38.7 Å². The number of benzene rings is 1. The maximum Gasteiger partial charge on any atom is 0.453 e. The van der Waals surface area contributed by atoms with Gasteiger partial charge >= 0.3 is 12.4 Å². The largest absolute Gasteiger partial charge is 0.453 e. The van der Waals surface area contributed by atoms with Crippen LogP contribution in [0.3, 0.4) is 0 Å². The van der Waals surface area contributed by atoms with Crippen LogP contribution in [0.1, 0.15) is 36.8 Å². The molecule has 1 N–H and O–H groups in total. The first kappa shape index (κ1) is 24.1. The minimum absolute atomic E-state index is 0.0101. The van der Waals surface area contributed by atoms with Crippen molar-refractivity contribution in [1.82, 2.24) is 29.6 Å². The van der Waals surface area contributed by atoms with E-state index in [1.54, 1.807) is 13.8 Å². The highest BCUT2D eigenvalue weighted by Crippen LogP contribution is 2.32. The molecule has 0 spiro atoms. The predicted octanol–water partition coefficient (Wildman–Crippen LogP) is 3.63. The number of fused-ring (bicyclic) bond motifs is 2. The molecule has 0 radical (unpaired) electrons. The zero-order chi connectivity index (χ0) is 25.7. The Morgan fingerprint density at radius 1 is 0.971 bits per heavy atom. The maximum atomic E-state index is 13.1. The van der Waals surface area contributed by atoms with Crippen LogP contribution in [0.25, 0.3) is 16.4 Å². The van der Waals surface area contributed by atoms with E-state index in [-0.39, 0.29) is 27.9 Å². The summed E-state index contributed by atoms with van der Waals surface area (Å²) in [6.07, 6.45) is -9.46. The SMILES string of the molecule is CC(C)c1nn(CC(=O)Nc2ccc3nnc(C(F)(F)F)n3n2)c(=O)c2ccc(C(F)(F)F)cc12. The Bertz CT molecular complexity index is 1500. The molecule has 4 rings (SSSR count). The van der Waals surface area contributed by atoms with Crippen molar-refractivity contribution < 1.29 is 31.1 Å². The average molecular weight is 499 g/mol. The molecule has 0 saturated heterocycles. The monoisotopic (exact) mass is 499 g/mol. The van der Waals surface area contributed by atoms with Gasteiger partial charge in [-0.25, -0.2) is 4.68 Å². The second-order valence-corrected chi connectivity index (χ2v) is 7.82. The third-order valence-electron chi connectivity index (χ3n) is 4.94. The van der Waals surface area contributed by atoms with E-state index >= 15 is 0 Å². The summed E-state index contributed by atoms with van der Waals surface area (Å²) in [6.45, 7) is 2.66. The number of nitrogens with zero attached hydrogens (tertiary/aromatic N) is 6. The van der Waals surface area contributed by atoms with Crippen LogP contribution in [0.15, 0.2) is 35.1 Å². The van der Waals surface area contributed by atoms with Crippen LogP contribution in [-0.4, -0.2) is 35.5 Å². The number of halogens is 6. The number of nitrogens with one attached hydrogen (secondary N) is 1. The number of rotatable bonds is 4. The summed E-state index contributed by atoms with van der Waals surface area (Å²) in [5, 5.41) is 16.3. The zero-order valence-electron chi connectivity index (χ0n) is 17.9. The van der Waals surface area contributed by atoms with Crippen molar-refractivity contribution in [1.29, 1.82) is 0 Å². The number of anilines is 1. The summed E-state index contributed by atoms with van der Waals surface area (Å²) < 4.78 is 79.7. The Balaban J connectivity index is 1.67. The third-order valence-corrected chi connectivity index (χ3v) is 4.94. The summed E-state index contributed by atoms with van der Waals surface area (Å²) >= 11 is 0. The molecule has 3 heterocycles. The van der Waals surface area contributed by atoms with Crippen LogP contribution >= 0.6 is 0 Å². The van der Waals surface area contributed by atoms with E-state index < -0.39 is 47.7 Å². The molecular weight excluding hydrogens is 484 g/mol. The highest BCUT2D eigenvalue weighted by molar-refractivity contribution is 5.90. The molecular formula is C20H15F6N7O2. The van der Waals surface area contributed by atoms with Gasteiger partial charge in [0.25, 0.3) is 11.4 Å². The van der Waals surface area contributed by atoms with Gasteiger partial charge in [-0.1, -0.05) is 13.8 Å². The van der Waals surface area contributed by atoms with Crippen molar-refractivity contribution >= 4 is 28.1 Å². The lowest BCUT2D eigenvalue weighted by Gasteiger charge is -2.15. The van der Waals surface area contributed by atoms with Crippen LogP contribution in [0, 0.1) is 0 Å². The first-order chi connectivity index (χ1) is 16.3. The maximum absolute atomic E-state index is 13.1. The van der Waals surface area contributed by atoms with Gasteiger partial charge in [-0.2, -0.15) is 36.0 Å². The Morgan fingerprint density at radius 2 is 1.69 bits per heavy atom. The number of hydrogen-bond acceptors (Lipinski definition) is 6. The number of carbonyl (C=O) groups is 1. The van der Waals surface area contributed by atoms with Crippen molar-refractivity contribution in [3.05, 3.63) is 57.8 Å². The first-order valence-electron chi connectivity index (χ1n) is 9.97. The first-order valence-corrected chi connectivity index (χ1v) is 9.97. The van der Waals surface area contributed by atoms with Crippen LogP contribution in [-0.2, 0) is 23.7 Å². The zero-order valence-corrected chi connectivity index (χ0v) is 17.9. The number of hydrogen-bond donors (Lipinski definition) is 1. The highest BCUT2D eigenvalue weighted by atomic mass is 19.4. The standard InChI is InChI=1S/C20H15F6N7O2/c1-9(2)16-12-7-10(19(21,22)23)3-4-11(12)17(35)32(31-16)8-15(34)27-13-5-6-14-28-29-18(20(24,25)26)33(14)30-13/h3-7,9H,8H2,1-2H3,(H,27,30,34). The number of alkyl halides is 6. The van der Waals surface area contributed by atoms with Gasteiger partial charge in [-0.3, -0.25) is 9.59 Å². The molecule has 1 aromatic carbocycles. The van der Waals surface area contributed by atoms with E-state index in [4.69, 9.17) is 0 Å². The van der Waals surface area contributed by atoms with Crippen LogP contribution in [0.5, 0.6) is 0 Å². The topological polar surface area (TPSA) is 107 Å². The van der Waals surface area contributed by atoms with Crippen LogP contribution in [0.4, 0.5) is 32.2 Å². The van der Waals surface area contributed by atoms with Gasteiger partial charge < -0.3 is 5.32 Å². The molecule has 0 bridgehead atoms. The van der Waals surface area contributed by atoms with Gasteiger partial charge in [-0.05, 0) is 36.2 Å². The Morgan fingerprint density at radius 3 is 2.31 bits per heavy atom. The second kappa shape index (κ2) is 8.32. The minimum atomic E-state index is -4.84. The fraction of sp³-hybridized carbons (Fsp3) is 0.300. The summed E-state index contributed by atoms with van der Waals surface area (Å²) in [7, 11) is 0. The smallest absolute Gasteiger partial charge is 0.308 e. The molecule has 0 aliphatic heterocycles. The summed E-state index contributed by atoms with van der Waals surface area (Å²) in [4.78, 5) is 25.4. The van der Waals surface area contributed by atoms with Crippen molar-refractivity contribution in [3.8, 4) is 0 Å². The number of aromatic nitrogens is 6. The third kappa shape index (κ3) is 4.65. The fourth-order valence-corrected chi connectivity index (χ4v) is 3.37. The van der Waals surface area contributed by atoms with E-state index in [0.29, 0.717) is 4.52 Å². The van der Waals surface area contributed by atoms with E-state index in [9.17, 15) is 35.9 Å². The Labute approximate surface area is 191 Å². The van der Waals surface area contributed by atoms with Gasteiger partial charge in [0.2, 0.25) is 5.91 Å². The molecule has 35 heavy (non-hydrogen) atoms. The molecule has 9 nitrogen and oxygen atoms in total. The number of amides is 1. The van der Waals surface area contributed by atoms with Crippen molar-refractivity contribution in [2.24, 2.45) is 0 Å². The van der Waals surface area contributed by atoms with Gasteiger partial charge in [0, 0.05) is 5.39 Å². The van der Waals surface area contributed by atoms with Crippen molar-refractivity contribution in [2.75, 3.05) is 5.32 Å². The Hall–Kier alpha value is -4.04. The molecule has 4 aromatic rings. The molecule has 0 saturated carbocycles. The number of carbonyl (C=O) groups excluding carboxylic acids is 1. The normalized spacial score (nSPS) is 12.6. The van der Waals surface area contributed by atoms with Crippen molar-refractivity contribution in [3.63, 3.8) is 0 Å². The average Bonchev–Trinajstić information content (AvgIpc) is 3.18. The predicted molar refractivity (Wildman–Crippen MR) is 110 cm³/mol. The van der Waals surface area contributed by atoms with E-state index in [1.807, 2.05) is 0 Å². The molecule has 1 amide bonds. The summed E-state index contributed by atoms with van der Waals surface area (Å²) in [5.41, 5.74) is -1.80. The molecule has 184 valence electrons. The lowest BCUT2D eigenvalue weighted by molar-refractivity contribution is -0.146. The lowest BCUT2D eigenvalue weighted by Crippen LogP contribution is -2.31. The molecule has 0 atom stereocenters. The van der Waals surface area contributed by atoms with Crippen LogP contribution < -0.4 is 10.9 Å². The van der Waals surface area contributed by atoms with E-state index in [2.05, 4.69) is 25.7 Å². The van der Waals surface area contributed by atoms with E-state index in [0.717, 1.165) is 28.9 Å². The molecule has 0 fully saturated rings. The fourth-order valence-electron chi connectivity index (χ4n) is 3.37. The van der Waals surface area contributed by atoms with Gasteiger partial charge in [-0.15, -0.1) is 15.3 Å². The van der Waals surface area contributed by atoms with Crippen LogP contribution in [0.2, 0.25) is 0 Å². The lowest BCUT2D eigenvalue weighted by atomic mass is 10.0. The molecule has 15 heteroatoms. The quantitative estimate of drug-likeness (QED) is 0.430. The highest BCUT2D eigenvalue weighted by Gasteiger charge is 2.37. The molecule has 0 aliphatic carbocycles. The van der Waals surface area contributed by atoms with Gasteiger partial charge in [0.05, 0.1) is 16.6 Å². The molecule has 0 aliphatic rings. The molecule has 0 unspecified atom stereocenters.